The minimum atomic E-state index is -0.710. The minimum absolute atomic E-state index is 0.235. The normalized spacial score (nSPS) is 40.5. The lowest BCUT2D eigenvalue weighted by atomic mass is 9.80. The highest BCUT2D eigenvalue weighted by molar-refractivity contribution is 5.90. The van der Waals surface area contributed by atoms with Gasteiger partial charge in [-0.15, -0.1) is 0 Å². The van der Waals surface area contributed by atoms with Gasteiger partial charge in [0.25, 0.3) is 0 Å². The lowest BCUT2D eigenvalue weighted by molar-refractivity contribution is -0.227. The van der Waals surface area contributed by atoms with Gasteiger partial charge in [-0.25, -0.2) is 0 Å². The summed E-state index contributed by atoms with van der Waals surface area (Å²) in [6.45, 7) is 10.2. The third-order valence-electron chi connectivity index (χ3n) is 5.85. The fourth-order valence-corrected chi connectivity index (χ4v) is 4.87. The van der Waals surface area contributed by atoms with Crippen molar-refractivity contribution in [1.29, 1.82) is 0 Å². The van der Waals surface area contributed by atoms with Crippen LogP contribution in [0.15, 0.2) is 29.3 Å². The van der Waals surface area contributed by atoms with Crippen molar-refractivity contribution in [3.63, 3.8) is 0 Å². The molecule has 0 amide bonds. The second-order valence-electron chi connectivity index (χ2n) is 9.05. The molecular weight excluding hydrogens is 360 g/mol. The van der Waals surface area contributed by atoms with Crippen LogP contribution in [0, 0.1) is 0 Å². The van der Waals surface area contributed by atoms with Crippen molar-refractivity contribution in [2.45, 2.75) is 82.8 Å². The summed E-state index contributed by atoms with van der Waals surface area (Å²) in [6.07, 6.45) is -0.653. The average molecular weight is 388 g/mol. The van der Waals surface area contributed by atoms with Crippen molar-refractivity contribution in [1.82, 2.24) is 0 Å². The van der Waals surface area contributed by atoms with Gasteiger partial charge in [-0.3, -0.25) is 4.99 Å². The molecule has 5 atom stereocenters. The van der Waals surface area contributed by atoms with E-state index in [1.807, 2.05) is 58.9 Å². The molecule has 0 aromatic heterocycles. The Bertz CT molecular complexity index is 823. The Kier molecular flexibility index (Phi) is 3.97. The van der Waals surface area contributed by atoms with Gasteiger partial charge < -0.3 is 29.0 Å². The van der Waals surface area contributed by atoms with Crippen molar-refractivity contribution >= 4 is 17.1 Å². The zero-order valence-electron chi connectivity index (χ0n) is 17.0. The van der Waals surface area contributed by atoms with E-state index in [0.717, 1.165) is 17.1 Å². The van der Waals surface area contributed by atoms with Crippen LogP contribution in [0.5, 0.6) is 0 Å². The predicted molar refractivity (Wildman–Crippen MR) is 104 cm³/mol. The highest BCUT2D eigenvalue weighted by atomic mass is 16.8. The Morgan fingerprint density at radius 2 is 1.79 bits per heavy atom. The summed E-state index contributed by atoms with van der Waals surface area (Å²) >= 11 is 0. The van der Waals surface area contributed by atoms with E-state index in [4.69, 9.17) is 28.7 Å². The SMILES string of the molecule is CC1=Nc2ccccc2N[C@]2(C1)[C@@H]([C@@H]1COC(C)(C)O1)O[C@H]1OC(C)(C)O[C@@H]12. The van der Waals surface area contributed by atoms with E-state index in [1.54, 1.807) is 0 Å². The van der Waals surface area contributed by atoms with E-state index in [9.17, 15) is 0 Å². The van der Waals surface area contributed by atoms with Gasteiger partial charge in [-0.2, -0.15) is 0 Å². The van der Waals surface area contributed by atoms with E-state index < -0.39 is 23.4 Å². The van der Waals surface area contributed by atoms with Crippen molar-refractivity contribution in [2.75, 3.05) is 11.9 Å². The summed E-state index contributed by atoms with van der Waals surface area (Å²) in [6, 6.07) is 8.06. The number of nitrogens with one attached hydrogen (secondary N) is 1. The van der Waals surface area contributed by atoms with Gasteiger partial charge in [0.05, 0.1) is 18.0 Å². The molecule has 152 valence electrons. The number of hydrogen-bond acceptors (Lipinski definition) is 7. The maximum atomic E-state index is 6.44. The van der Waals surface area contributed by atoms with Gasteiger partial charge in [0, 0.05) is 12.1 Å². The first-order chi connectivity index (χ1) is 13.2. The molecule has 1 N–H and O–H groups in total. The van der Waals surface area contributed by atoms with Crippen molar-refractivity contribution in [3.05, 3.63) is 24.3 Å². The van der Waals surface area contributed by atoms with Gasteiger partial charge >= 0.3 is 0 Å². The van der Waals surface area contributed by atoms with Gasteiger partial charge in [-0.05, 0) is 46.8 Å². The number of aliphatic imine (C=N–C) groups is 1. The molecule has 4 heterocycles. The molecule has 3 saturated heterocycles. The van der Waals surface area contributed by atoms with Crippen LogP contribution < -0.4 is 5.32 Å². The number of ether oxygens (including phenoxy) is 5. The fraction of sp³-hybridized carbons (Fsp3) is 0.667. The quantitative estimate of drug-likeness (QED) is 0.796. The molecule has 0 bridgehead atoms. The second-order valence-corrected chi connectivity index (χ2v) is 9.05. The van der Waals surface area contributed by atoms with Gasteiger partial charge in [0.1, 0.15) is 23.9 Å². The Morgan fingerprint density at radius 3 is 2.54 bits per heavy atom. The van der Waals surface area contributed by atoms with E-state index in [1.165, 1.54) is 0 Å². The predicted octanol–water partition coefficient (Wildman–Crippen LogP) is 3.36. The molecule has 1 aromatic carbocycles. The number of hydrogen-bond donors (Lipinski definition) is 1. The van der Waals surface area contributed by atoms with Crippen LogP contribution in [-0.2, 0) is 23.7 Å². The fourth-order valence-electron chi connectivity index (χ4n) is 4.87. The zero-order valence-corrected chi connectivity index (χ0v) is 17.0. The highest BCUT2D eigenvalue weighted by Crippen LogP contribution is 2.50. The van der Waals surface area contributed by atoms with Crippen LogP contribution in [0.1, 0.15) is 41.0 Å². The van der Waals surface area contributed by atoms with Crippen molar-refractivity contribution in [3.8, 4) is 0 Å². The Balaban J connectivity index is 1.59. The molecule has 0 saturated carbocycles. The van der Waals surface area contributed by atoms with Gasteiger partial charge in [0.2, 0.25) is 0 Å². The molecule has 7 heteroatoms. The molecule has 3 fully saturated rings. The van der Waals surface area contributed by atoms with Gasteiger partial charge in [0.15, 0.2) is 17.9 Å². The summed E-state index contributed by atoms with van der Waals surface area (Å²) < 4.78 is 30.9. The standard InChI is InChI=1S/C21H28N2O5/c1-12-10-21(23-14-9-7-6-8-13(14)22-12)16(15-11-24-19(2,3)26-15)25-18-17(21)27-20(4,5)28-18/h6-9,15-18,23H,10-11H2,1-5H3/t15-,16+,17-,18-,21+/m0/s1. The molecule has 28 heavy (non-hydrogen) atoms. The molecule has 7 nitrogen and oxygen atoms in total. The van der Waals surface area contributed by atoms with E-state index >= 15 is 0 Å². The zero-order chi connectivity index (χ0) is 19.7. The number of nitrogens with zero attached hydrogens (tertiary/aromatic N) is 1. The molecule has 5 rings (SSSR count). The van der Waals surface area contributed by atoms with Crippen molar-refractivity contribution < 1.29 is 23.7 Å². The molecule has 0 unspecified atom stereocenters. The molecule has 0 radical (unpaired) electrons. The highest BCUT2D eigenvalue weighted by Gasteiger charge is 2.67. The topological polar surface area (TPSA) is 70.5 Å². The number of para-hydroxylation sites is 2. The minimum Gasteiger partial charge on any atom is -0.372 e. The number of benzene rings is 1. The first-order valence-corrected chi connectivity index (χ1v) is 9.92. The maximum absolute atomic E-state index is 6.44. The molecule has 1 spiro atoms. The lowest BCUT2D eigenvalue weighted by Crippen LogP contribution is -2.59. The molecule has 0 aliphatic carbocycles. The largest absolute Gasteiger partial charge is 0.372 e. The Morgan fingerprint density at radius 1 is 1.00 bits per heavy atom. The Hall–Kier alpha value is -1.51. The smallest absolute Gasteiger partial charge is 0.190 e. The number of fused-ring (bicyclic) bond motifs is 3. The van der Waals surface area contributed by atoms with E-state index in [2.05, 4.69) is 5.32 Å². The van der Waals surface area contributed by atoms with Crippen LogP contribution in [0.25, 0.3) is 0 Å². The third kappa shape index (κ3) is 2.88. The average Bonchev–Trinajstić information content (AvgIpc) is 3.15. The second kappa shape index (κ2) is 6.00. The monoisotopic (exact) mass is 388 g/mol. The van der Waals surface area contributed by atoms with Crippen LogP contribution in [0.3, 0.4) is 0 Å². The van der Waals surface area contributed by atoms with E-state index in [-0.39, 0.29) is 18.3 Å². The number of rotatable bonds is 1. The van der Waals surface area contributed by atoms with Crippen LogP contribution in [0.2, 0.25) is 0 Å². The summed E-state index contributed by atoms with van der Waals surface area (Å²) in [5.74, 6) is -1.35. The lowest BCUT2D eigenvalue weighted by Gasteiger charge is -2.40. The van der Waals surface area contributed by atoms with Crippen molar-refractivity contribution in [2.24, 2.45) is 4.99 Å². The van der Waals surface area contributed by atoms with Crippen LogP contribution in [-0.4, -0.2) is 54.0 Å². The van der Waals surface area contributed by atoms with E-state index in [0.29, 0.717) is 13.0 Å². The summed E-state index contributed by atoms with van der Waals surface area (Å²) in [5, 5.41) is 3.75. The van der Waals surface area contributed by atoms with Crippen LogP contribution >= 0.6 is 0 Å². The summed E-state index contributed by atoms with van der Waals surface area (Å²) in [7, 11) is 0. The third-order valence-corrected chi connectivity index (χ3v) is 5.85. The first kappa shape index (κ1) is 18.5. The first-order valence-electron chi connectivity index (χ1n) is 9.92. The summed E-state index contributed by atoms with van der Waals surface area (Å²) in [4.78, 5) is 4.83. The molecule has 4 aliphatic heterocycles. The van der Waals surface area contributed by atoms with Gasteiger partial charge in [-0.1, -0.05) is 12.1 Å². The Labute approximate surface area is 165 Å². The van der Waals surface area contributed by atoms with Crippen LogP contribution in [0.4, 0.5) is 11.4 Å². The molecule has 4 aliphatic rings. The summed E-state index contributed by atoms with van der Waals surface area (Å²) in [5.41, 5.74) is 2.31. The molecular formula is C21H28N2O5. The molecule has 1 aromatic rings. The maximum Gasteiger partial charge on any atom is 0.190 e. The number of anilines is 1.